The summed E-state index contributed by atoms with van der Waals surface area (Å²) in [5.74, 6) is 1.79. The minimum atomic E-state index is -0.589. The molecular weight excluding hydrogens is 308 g/mol. The fraction of sp³-hybridized carbons (Fsp3) is 0.824. The fourth-order valence-electron chi connectivity index (χ4n) is 3.10. The largest absolute Gasteiger partial charge is 0.371 e. The van der Waals surface area contributed by atoms with Gasteiger partial charge in [0, 0.05) is 13.7 Å². The van der Waals surface area contributed by atoms with Crippen LogP contribution in [-0.2, 0) is 21.7 Å². The van der Waals surface area contributed by atoms with Gasteiger partial charge in [-0.2, -0.15) is 4.98 Å². The van der Waals surface area contributed by atoms with E-state index >= 15 is 0 Å². The quantitative estimate of drug-likeness (QED) is 0.753. The van der Waals surface area contributed by atoms with E-state index in [1.165, 1.54) is 12.8 Å². The SMILES string of the molecule is COC(C)(C)c1noc(CNC2(C(=O)NCC3CC3)CCCC2)n1. The highest BCUT2D eigenvalue weighted by Gasteiger charge is 2.41. The van der Waals surface area contributed by atoms with E-state index in [9.17, 15) is 4.79 Å². The van der Waals surface area contributed by atoms with Gasteiger partial charge in [-0.15, -0.1) is 0 Å². The van der Waals surface area contributed by atoms with Crippen molar-refractivity contribution in [3.63, 3.8) is 0 Å². The van der Waals surface area contributed by atoms with E-state index in [-0.39, 0.29) is 5.91 Å². The van der Waals surface area contributed by atoms with Gasteiger partial charge in [0.1, 0.15) is 5.60 Å². The van der Waals surface area contributed by atoms with Crippen molar-refractivity contribution in [3.8, 4) is 0 Å². The molecule has 0 atom stereocenters. The molecule has 0 spiro atoms. The van der Waals surface area contributed by atoms with Crippen LogP contribution in [0.2, 0.25) is 0 Å². The highest BCUT2D eigenvalue weighted by Crippen LogP contribution is 2.32. The number of ether oxygens (including phenoxy) is 1. The second-order valence-electron chi connectivity index (χ2n) is 7.52. The van der Waals surface area contributed by atoms with Crippen molar-refractivity contribution in [2.45, 2.75) is 70.1 Å². The number of aromatic nitrogens is 2. The molecule has 2 aliphatic carbocycles. The number of hydrogen-bond acceptors (Lipinski definition) is 6. The topological polar surface area (TPSA) is 89.3 Å². The van der Waals surface area contributed by atoms with E-state index in [2.05, 4.69) is 20.8 Å². The molecule has 1 heterocycles. The standard InChI is InChI=1S/C17H28N4O3/c1-16(2,23-3)14-20-13(24-21-14)11-19-17(8-4-5-9-17)15(22)18-10-12-6-7-12/h12,19H,4-11H2,1-3H3,(H,18,22). The predicted molar refractivity (Wildman–Crippen MR) is 88.1 cm³/mol. The molecular formula is C17H28N4O3. The third kappa shape index (κ3) is 3.78. The molecule has 2 saturated carbocycles. The van der Waals surface area contributed by atoms with Crippen molar-refractivity contribution >= 4 is 5.91 Å². The third-order valence-electron chi connectivity index (χ3n) is 5.23. The molecule has 0 aliphatic heterocycles. The monoisotopic (exact) mass is 336 g/mol. The van der Waals surface area contributed by atoms with E-state index in [1.54, 1.807) is 7.11 Å². The van der Waals surface area contributed by atoms with E-state index in [0.29, 0.717) is 24.2 Å². The molecule has 134 valence electrons. The summed E-state index contributed by atoms with van der Waals surface area (Å²) in [5, 5.41) is 10.5. The Bertz CT molecular complexity index is 574. The molecule has 2 fully saturated rings. The molecule has 0 aromatic carbocycles. The Labute approximate surface area is 142 Å². The molecule has 2 N–H and O–H groups in total. The van der Waals surface area contributed by atoms with Crippen LogP contribution in [0.25, 0.3) is 0 Å². The van der Waals surface area contributed by atoms with E-state index in [1.807, 2.05) is 13.8 Å². The summed E-state index contributed by atoms with van der Waals surface area (Å²) in [7, 11) is 1.62. The number of carbonyl (C=O) groups excluding carboxylic acids is 1. The normalized spacial score (nSPS) is 20.3. The Morgan fingerprint density at radius 3 is 2.71 bits per heavy atom. The van der Waals surface area contributed by atoms with Gasteiger partial charge in [-0.25, -0.2) is 0 Å². The summed E-state index contributed by atoms with van der Waals surface area (Å²) in [6.45, 7) is 4.97. The molecule has 2 aliphatic rings. The maximum Gasteiger partial charge on any atom is 0.240 e. The van der Waals surface area contributed by atoms with Crippen LogP contribution in [0.3, 0.4) is 0 Å². The van der Waals surface area contributed by atoms with Crippen molar-refractivity contribution < 1.29 is 14.1 Å². The first kappa shape index (κ1) is 17.4. The van der Waals surface area contributed by atoms with Gasteiger partial charge in [-0.05, 0) is 45.4 Å². The molecule has 7 nitrogen and oxygen atoms in total. The lowest BCUT2D eigenvalue weighted by Crippen LogP contribution is -2.55. The molecule has 7 heteroatoms. The summed E-state index contributed by atoms with van der Waals surface area (Å²) in [4.78, 5) is 17.1. The average molecular weight is 336 g/mol. The zero-order chi connectivity index (χ0) is 17.2. The van der Waals surface area contributed by atoms with Gasteiger partial charge in [-0.1, -0.05) is 18.0 Å². The number of nitrogens with zero attached hydrogens (tertiary/aromatic N) is 2. The van der Waals surface area contributed by atoms with Crippen LogP contribution in [0.15, 0.2) is 4.52 Å². The minimum Gasteiger partial charge on any atom is -0.371 e. The Morgan fingerprint density at radius 2 is 2.08 bits per heavy atom. The Balaban J connectivity index is 1.60. The van der Waals surface area contributed by atoms with E-state index in [0.717, 1.165) is 32.2 Å². The zero-order valence-electron chi connectivity index (χ0n) is 14.9. The maximum atomic E-state index is 12.7. The zero-order valence-corrected chi connectivity index (χ0v) is 14.9. The summed E-state index contributed by atoms with van der Waals surface area (Å²) in [6, 6.07) is 0. The number of nitrogens with one attached hydrogen (secondary N) is 2. The van der Waals surface area contributed by atoms with Crippen molar-refractivity contribution in [1.29, 1.82) is 0 Å². The van der Waals surface area contributed by atoms with Gasteiger partial charge in [0.15, 0.2) is 0 Å². The first-order valence-corrected chi connectivity index (χ1v) is 8.87. The van der Waals surface area contributed by atoms with Crippen molar-refractivity contribution in [3.05, 3.63) is 11.7 Å². The molecule has 3 rings (SSSR count). The van der Waals surface area contributed by atoms with Crippen LogP contribution in [0.4, 0.5) is 0 Å². The summed E-state index contributed by atoms with van der Waals surface area (Å²) in [5.41, 5.74) is -1.09. The fourth-order valence-corrected chi connectivity index (χ4v) is 3.10. The number of rotatable bonds is 8. The lowest BCUT2D eigenvalue weighted by molar-refractivity contribution is -0.127. The summed E-state index contributed by atoms with van der Waals surface area (Å²) >= 11 is 0. The Hall–Kier alpha value is -1.47. The molecule has 1 aromatic heterocycles. The van der Waals surface area contributed by atoms with Crippen LogP contribution < -0.4 is 10.6 Å². The lowest BCUT2D eigenvalue weighted by atomic mass is 9.96. The first-order chi connectivity index (χ1) is 11.5. The molecule has 0 saturated heterocycles. The summed E-state index contributed by atoms with van der Waals surface area (Å²) < 4.78 is 10.7. The molecule has 24 heavy (non-hydrogen) atoms. The second-order valence-corrected chi connectivity index (χ2v) is 7.52. The highest BCUT2D eigenvalue weighted by molar-refractivity contribution is 5.86. The van der Waals surface area contributed by atoms with Gasteiger partial charge in [-0.3, -0.25) is 10.1 Å². The summed E-state index contributed by atoms with van der Waals surface area (Å²) in [6.07, 6.45) is 6.31. The third-order valence-corrected chi connectivity index (χ3v) is 5.23. The number of carbonyl (C=O) groups is 1. The average Bonchev–Trinajstić information content (AvgIpc) is 3.07. The predicted octanol–water partition coefficient (Wildman–Crippen LogP) is 1.88. The smallest absolute Gasteiger partial charge is 0.240 e. The van der Waals surface area contributed by atoms with Crippen LogP contribution in [-0.4, -0.2) is 35.2 Å². The Morgan fingerprint density at radius 1 is 1.38 bits per heavy atom. The molecule has 0 unspecified atom stereocenters. The lowest BCUT2D eigenvalue weighted by Gasteiger charge is -2.28. The van der Waals surface area contributed by atoms with Crippen LogP contribution in [0.5, 0.6) is 0 Å². The molecule has 0 bridgehead atoms. The Kier molecular flexibility index (Phi) is 4.92. The van der Waals surface area contributed by atoms with Crippen LogP contribution in [0.1, 0.15) is 64.1 Å². The van der Waals surface area contributed by atoms with Crippen LogP contribution in [0, 0.1) is 5.92 Å². The minimum absolute atomic E-state index is 0.115. The van der Waals surface area contributed by atoms with Crippen molar-refractivity contribution in [1.82, 2.24) is 20.8 Å². The maximum absolute atomic E-state index is 12.7. The molecule has 1 aromatic rings. The van der Waals surface area contributed by atoms with Gasteiger partial charge in [0.25, 0.3) is 0 Å². The molecule has 0 radical (unpaired) electrons. The van der Waals surface area contributed by atoms with Gasteiger partial charge < -0.3 is 14.6 Å². The van der Waals surface area contributed by atoms with E-state index in [4.69, 9.17) is 9.26 Å². The van der Waals surface area contributed by atoms with Gasteiger partial charge in [0.2, 0.25) is 17.6 Å². The highest BCUT2D eigenvalue weighted by atomic mass is 16.5. The van der Waals surface area contributed by atoms with Gasteiger partial charge >= 0.3 is 0 Å². The van der Waals surface area contributed by atoms with Crippen LogP contribution >= 0.6 is 0 Å². The van der Waals surface area contributed by atoms with Gasteiger partial charge in [0.05, 0.1) is 12.1 Å². The van der Waals surface area contributed by atoms with E-state index < -0.39 is 11.1 Å². The second kappa shape index (κ2) is 6.80. The van der Waals surface area contributed by atoms with Crippen molar-refractivity contribution in [2.75, 3.05) is 13.7 Å². The number of hydrogen-bond donors (Lipinski definition) is 2. The first-order valence-electron chi connectivity index (χ1n) is 8.87. The number of methoxy groups -OCH3 is 1. The molecule has 1 amide bonds. The van der Waals surface area contributed by atoms with Crippen molar-refractivity contribution in [2.24, 2.45) is 5.92 Å². The number of amides is 1.